The van der Waals surface area contributed by atoms with E-state index in [4.69, 9.17) is 11.6 Å². The van der Waals surface area contributed by atoms with Crippen LogP contribution in [0.25, 0.3) is 0 Å². The molecule has 0 amide bonds. The van der Waals surface area contributed by atoms with Crippen molar-refractivity contribution < 1.29 is 0 Å². The number of nitrogens with zero attached hydrogens (tertiary/aromatic N) is 1. The quantitative estimate of drug-likeness (QED) is 0.681. The second-order valence-electron chi connectivity index (χ2n) is 3.55. The second-order valence-corrected chi connectivity index (χ2v) is 3.91. The molecule has 0 heterocycles. The monoisotopic (exact) mass is 229 g/mol. The molecule has 2 heteroatoms. The molecule has 0 fully saturated rings. The van der Waals surface area contributed by atoms with E-state index < -0.39 is 0 Å². The Morgan fingerprint density at radius 3 is 2.25 bits per heavy atom. The van der Waals surface area contributed by atoms with Crippen molar-refractivity contribution in [1.29, 1.82) is 0 Å². The van der Waals surface area contributed by atoms with Crippen LogP contribution >= 0.6 is 11.6 Å². The minimum atomic E-state index is 0.532. The highest BCUT2D eigenvalue weighted by atomic mass is 35.5. The first-order valence-electron chi connectivity index (χ1n) is 5.12. The summed E-state index contributed by atoms with van der Waals surface area (Å²) >= 11 is 6.20. The van der Waals surface area contributed by atoms with Crippen molar-refractivity contribution in [1.82, 2.24) is 0 Å². The van der Waals surface area contributed by atoms with Gasteiger partial charge < -0.3 is 0 Å². The Balaban J connectivity index is 2.36. The van der Waals surface area contributed by atoms with Crippen LogP contribution in [0.3, 0.4) is 0 Å². The zero-order chi connectivity index (χ0) is 11.4. The maximum Gasteiger partial charge on any atom is 0.137 e. The van der Waals surface area contributed by atoms with Crippen molar-refractivity contribution in [3.05, 3.63) is 65.7 Å². The molecule has 0 aliphatic carbocycles. The van der Waals surface area contributed by atoms with Gasteiger partial charge in [-0.05, 0) is 24.6 Å². The topological polar surface area (TPSA) is 12.4 Å². The maximum atomic E-state index is 6.20. The van der Waals surface area contributed by atoms with Crippen LogP contribution < -0.4 is 0 Å². The molecule has 2 rings (SSSR count). The van der Waals surface area contributed by atoms with Gasteiger partial charge in [0.2, 0.25) is 0 Å². The molecule has 16 heavy (non-hydrogen) atoms. The third kappa shape index (κ3) is 2.50. The van der Waals surface area contributed by atoms with Crippen LogP contribution in [-0.4, -0.2) is 5.17 Å². The molecular formula is C14H12ClN. The molecule has 0 spiro atoms. The second kappa shape index (κ2) is 4.95. The van der Waals surface area contributed by atoms with Crippen LogP contribution in [0.5, 0.6) is 0 Å². The van der Waals surface area contributed by atoms with Gasteiger partial charge in [-0.15, -0.1) is 0 Å². The number of aryl methyl sites for hydroxylation is 1. The lowest BCUT2D eigenvalue weighted by atomic mass is 10.1. The number of halogens is 1. The van der Waals surface area contributed by atoms with E-state index in [0.717, 1.165) is 16.8 Å². The van der Waals surface area contributed by atoms with E-state index in [2.05, 4.69) is 4.99 Å². The summed E-state index contributed by atoms with van der Waals surface area (Å²) in [5, 5.41) is 0.532. The highest BCUT2D eigenvalue weighted by Gasteiger charge is 2.02. The molecule has 0 bridgehead atoms. The molecule has 0 atom stereocenters. The lowest BCUT2D eigenvalue weighted by Gasteiger charge is -2.02. The third-order valence-corrected chi connectivity index (χ3v) is 2.64. The van der Waals surface area contributed by atoms with Crippen LogP contribution in [0.15, 0.2) is 59.6 Å². The first-order valence-corrected chi connectivity index (χ1v) is 5.50. The summed E-state index contributed by atoms with van der Waals surface area (Å²) in [7, 11) is 0. The van der Waals surface area contributed by atoms with Crippen LogP contribution in [0, 0.1) is 6.92 Å². The van der Waals surface area contributed by atoms with Gasteiger partial charge in [-0.2, -0.15) is 0 Å². The highest BCUT2D eigenvalue weighted by Crippen LogP contribution is 2.17. The molecule has 1 nitrogen and oxygen atoms in total. The van der Waals surface area contributed by atoms with Crippen molar-refractivity contribution >= 4 is 22.5 Å². The summed E-state index contributed by atoms with van der Waals surface area (Å²) in [5.41, 5.74) is 2.98. The number of rotatable bonds is 2. The van der Waals surface area contributed by atoms with E-state index in [1.54, 1.807) is 0 Å². The van der Waals surface area contributed by atoms with Crippen LogP contribution in [0.4, 0.5) is 5.69 Å². The summed E-state index contributed by atoms with van der Waals surface area (Å²) in [6.07, 6.45) is 0. The maximum absolute atomic E-state index is 6.20. The molecule has 0 aliphatic heterocycles. The summed E-state index contributed by atoms with van der Waals surface area (Å²) in [6, 6.07) is 17.7. The average Bonchev–Trinajstić information content (AvgIpc) is 2.31. The van der Waals surface area contributed by atoms with Gasteiger partial charge in [-0.25, -0.2) is 4.99 Å². The van der Waals surface area contributed by atoms with Crippen molar-refractivity contribution in [3.63, 3.8) is 0 Å². The van der Waals surface area contributed by atoms with Gasteiger partial charge >= 0.3 is 0 Å². The minimum absolute atomic E-state index is 0.532. The van der Waals surface area contributed by atoms with Crippen molar-refractivity contribution in [2.75, 3.05) is 0 Å². The van der Waals surface area contributed by atoms with Crippen LogP contribution in [0.2, 0.25) is 0 Å². The van der Waals surface area contributed by atoms with Gasteiger partial charge in [-0.3, -0.25) is 0 Å². The van der Waals surface area contributed by atoms with E-state index in [9.17, 15) is 0 Å². The molecule has 0 radical (unpaired) electrons. The molecule has 2 aromatic carbocycles. The van der Waals surface area contributed by atoms with E-state index in [1.165, 1.54) is 0 Å². The van der Waals surface area contributed by atoms with Gasteiger partial charge in [0.25, 0.3) is 0 Å². The van der Waals surface area contributed by atoms with Crippen molar-refractivity contribution in [3.8, 4) is 0 Å². The van der Waals surface area contributed by atoms with Gasteiger partial charge in [0.15, 0.2) is 0 Å². The van der Waals surface area contributed by atoms with Gasteiger partial charge in [0, 0.05) is 5.56 Å². The van der Waals surface area contributed by atoms with Crippen LogP contribution in [-0.2, 0) is 0 Å². The first-order chi connectivity index (χ1) is 7.77. The Morgan fingerprint density at radius 1 is 0.938 bits per heavy atom. The number of hydrogen-bond donors (Lipinski definition) is 0. The van der Waals surface area contributed by atoms with E-state index in [1.807, 2.05) is 61.5 Å². The molecule has 0 saturated heterocycles. The lowest BCUT2D eigenvalue weighted by molar-refractivity contribution is 1.43. The lowest BCUT2D eigenvalue weighted by Crippen LogP contribution is -1.93. The Labute approximate surface area is 100 Å². The molecular weight excluding hydrogens is 218 g/mol. The van der Waals surface area contributed by atoms with E-state index in [-0.39, 0.29) is 0 Å². The largest absolute Gasteiger partial charge is 0.236 e. The summed E-state index contributed by atoms with van der Waals surface area (Å²) < 4.78 is 0. The molecule has 80 valence electrons. The molecule has 2 aromatic rings. The molecule has 0 aliphatic rings. The third-order valence-electron chi connectivity index (χ3n) is 2.35. The standard InChI is InChI=1S/C14H12ClN/c1-11-7-5-6-10-13(11)14(15)16-12-8-3-2-4-9-12/h2-10H,1H3. The number of aliphatic imine (C=N–C) groups is 1. The zero-order valence-electron chi connectivity index (χ0n) is 9.02. The Hall–Kier alpha value is -1.60. The Morgan fingerprint density at radius 2 is 1.56 bits per heavy atom. The van der Waals surface area contributed by atoms with E-state index >= 15 is 0 Å². The molecule has 0 aromatic heterocycles. The molecule has 0 unspecified atom stereocenters. The summed E-state index contributed by atoms with van der Waals surface area (Å²) in [4.78, 5) is 4.37. The fourth-order valence-electron chi connectivity index (χ4n) is 1.48. The first kappa shape index (κ1) is 10.9. The van der Waals surface area contributed by atoms with Gasteiger partial charge in [0.1, 0.15) is 5.17 Å². The fourth-order valence-corrected chi connectivity index (χ4v) is 1.79. The van der Waals surface area contributed by atoms with Crippen molar-refractivity contribution in [2.45, 2.75) is 6.92 Å². The number of benzene rings is 2. The fraction of sp³-hybridized carbons (Fsp3) is 0.0714. The number of para-hydroxylation sites is 1. The minimum Gasteiger partial charge on any atom is -0.236 e. The van der Waals surface area contributed by atoms with Gasteiger partial charge in [-0.1, -0.05) is 54.1 Å². The summed E-state index contributed by atoms with van der Waals surface area (Å²) in [5.74, 6) is 0. The SMILES string of the molecule is Cc1ccccc1C(Cl)=Nc1ccccc1. The predicted octanol–water partition coefficient (Wildman–Crippen LogP) is 4.31. The molecule has 0 saturated carbocycles. The Kier molecular flexibility index (Phi) is 3.37. The molecule has 0 N–H and O–H groups in total. The normalized spacial score (nSPS) is 11.5. The average molecular weight is 230 g/mol. The van der Waals surface area contributed by atoms with Gasteiger partial charge in [0.05, 0.1) is 5.69 Å². The van der Waals surface area contributed by atoms with Crippen LogP contribution in [0.1, 0.15) is 11.1 Å². The highest BCUT2D eigenvalue weighted by molar-refractivity contribution is 6.70. The number of hydrogen-bond acceptors (Lipinski definition) is 1. The smallest absolute Gasteiger partial charge is 0.137 e. The van der Waals surface area contributed by atoms with E-state index in [0.29, 0.717) is 5.17 Å². The van der Waals surface area contributed by atoms with Crippen molar-refractivity contribution in [2.24, 2.45) is 4.99 Å². The Bertz CT molecular complexity index is 503. The summed E-state index contributed by atoms with van der Waals surface area (Å²) in [6.45, 7) is 2.03. The zero-order valence-corrected chi connectivity index (χ0v) is 9.78. The predicted molar refractivity (Wildman–Crippen MR) is 69.7 cm³/mol.